The largest absolute Gasteiger partial charge is 0.415 e. The average Bonchev–Trinajstić information content (AvgIpc) is 3.60. The quantitative estimate of drug-likeness (QED) is 0.230. The number of nitrogens with zero attached hydrogens (tertiary/aromatic N) is 8. The number of nitrogen functional groups attached to an aromatic ring is 1. The molecule has 212 valence electrons. The van der Waals surface area contributed by atoms with E-state index >= 15 is 0 Å². The van der Waals surface area contributed by atoms with Gasteiger partial charge in [-0.25, -0.2) is 14.8 Å². The number of hydrogen-bond donors (Lipinski definition) is 2. The van der Waals surface area contributed by atoms with Crippen LogP contribution in [-0.4, -0.2) is 68.1 Å². The number of benzene rings is 2. The van der Waals surface area contributed by atoms with Crippen LogP contribution >= 0.6 is 0 Å². The maximum atomic E-state index is 13.2. The Bertz CT molecular complexity index is 1540. The lowest BCUT2D eigenvalue weighted by Gasteiger charge is -2.31. The molecule has 41 heavy (non-hydrogen) atoms. The van der Waals surface area contributed by atoms with E-state index in [1.54, 1.807) is 29.2 Å². The Labute approximate surface area is 235 Å². The molecular weight excluding hydrogens is 528 g/mol. The first-order chi connectivity index (χ1) is 20.0. The van der Waals surface area contributed by atoms with Gasteiger partial charge in [-0.2, -0.15) is 9.78 Å². The van der Waals surface area contributed by atoms with Crippen molar-refractivity contribution < 1.29 is 19.0 Å². The van der Waals surface area contributed by atoms with Crippen molar-refractivity contribution >= 4 is 29.7 Å². The van der Waals surface area contributed by atoms with Gasteiger partial charge in [0.2, 0.25) is 11.6 Å². The first-order valence-corrected chi connectivity index (χ1v) is 13.2. The average molecular weight is 559 g/mol. The summed E-state index contributed by atoms with van der Waals surface area (Å²) in [7, 11) is 0. The first kappa shape index (κ1) is 27.3. The number of hydrogen-bond acceptors (Lipinski definition) is 11. The Kier molecular flexibility index (Phi) is 8.18. The van der Waals surface area contributed by atoms with Gasteiger partial charge in [0.1, 0.15) is 5.75 Å². The highest BCUT2D eigenvalue weighted by atomic mass is 16.6. The molecule has 0 bridgehead atoms. The van der Waals surface area contributed by atoms with Gasteiger partial charge < -0.3 is 20.3 Å². The van der Waals surface area contributed by atoms with Gasteiger partial charge in [-0.1, -0.05) is 23.4 Å². The molecule has 0 atom stereocenters. The van der Waals surface area contributed by atoms with Gasteiger partial charge >= 0.3 is 6.09 Å². The zero-order valence-electron chi connectivity index (χ0n) is 22.7. The summed E-state index contributed by atoms with van der Waals surface area (Å²) in [4.78, 5) is 29.1. The summed E-state index contributed by atoms with van der Waals surface area (Å²) >= 11 is 0. The van der Waals surface area contributed by atoms with Gasteiger partial charge in [-0.05, 0) is 78.5 Å². The molecule has 4 aromatic rings. The normalized spacial score (nSPS) is 12.8. The van der Waals surface area contributed by atoms with Gasteiger partial charge in [0.25, 0.3) is 5.91 Å². The summed E-state index contributed by atoms with van der Waals surface area (Å²) in [6, 6.07) is 14.9. The predicted octanol–water partition coefficient (Wildman–Crippen LogP) is 2.79. The molecule has 3 N–H and O–H groups in total. The highest BCUT2D eigenvalue weighted by Gasteiger charge is 2.27. The summed E-state index contributed by atoms with van der Waals surface area (Å²) < 4.78 is 11.5. The third-order valence-electron chi connectivity index (χ3n) is 6.71. The minimum absolute atomic E-state index is 0.0198. The van der Waals surface area contributed by atoms with Crippen LogP contribution in [0.25, 0.3) is 5.82 Å². The fourth-order valence-electron chi connectivity index (χ4n) is 4.57. The number of nitrogens with two attached hydrogens (primary N) is 1. The van der Waals surface area contributed by atoms with Crippen LogP contribution < -0.4 is 20.8 Å². The summed E-state index contributed by atoms with van der Waals surface area (Å²) in [6.45, 7) is 5.99. The molecule has 2 aromatic heterocycles. The number of ether oxygens (including phenoxy) is 1. The molecular formula is C27H30N10O4. The number of rotatable bonds is 9. The van der Waals surface area contributed by atoms with E-state index in [1.807, 2.05) is 26.0 Å². The standard InChI is InChI=1S/C27H30N10O4/c1-3-35(4-2)27(39)40-20-13-11-18(12-14-20)16-29-31-26(38)23-22(37(34-30-23)25-24(28)32-41-33-25)17-36-15-7-9-19-8-5-6-10-21(19)36/h5-6,8,10-14,16H,3-4,7,9,15,17H2,1-2H3,(H2,28,32)(H,31,38)/b29-16+. The molecule has 0 saturated heterocycles. The smallest absolute Gasteiger partial charge is 0.410 e. The van der Waals surface area contributed by atoms with Crippen LogP contribution in [0.15, 0.2) is 58.3 Å². The van der Waals surface area contributed by atoms with Crippen LogP contribution in [0.2, 0.25) is 0 Å². The number of anilines is 2. The second kappa shape index (κ2) is 12.3. The SMILES string of the molecule is CCN(CC)C(=O)Oc1ccc(/C=N/NC(=O)c2nnn(-c3nonc3N)c2CN2CCCc3ccccc32)cc1. The van der Waals surface area contributed by atoms with E-state index in [9.17, 15) is 9.59 Å². The van der Waals surface area contributed by atoms with Crippen LogP contribution in [0.5, 0.6) is 5.75 Å². The summed E-state index contributed by atoms with van der Waals surface area (Å²) in [5, 5.41) is 19.8. The Morgan fingerprint density at radius 3 is 2.66 bits per heavy atom. The molecule has 0 unspecified atom stereocenters. The number of carbonyl (C=O) groups excluding carboxylic acids is 2. The molecule has 14 nitrogen and oxygen atoms in total. The van der Waals surface area contributed by atoms with E-state index in [1.165, 1.54) is 16.5 Å². The lowest BCUT2D eigenvalue weighted by molar-refractivity contribution is 0.0949. The van der Waals surface area contributed by atoms with Crippen LogP contribution in [-0.2, 0) is 13.0 Å². The Balaban J connectivity index is 1.32. The molecule has 0 saturated carbocycles. The number of amides is 2. The van der Waals surface area contributed by atoms with Crippen LogP contribution in [0, 0.1) is 0 Å². The van der Waals surface area contributed by atoms with E-state index in [0.717, 1.165) is 25.1 Å². The number of aromatic nitrogens is 5. The number of aryl methyl sites for hydroxylation is 1. The first-order valence-electron chi connectivity index (χ1n) is 13.2. The Hall–Kier alpha value is -5.27. The van der Waals surface area contributed by atoms with Gasteiger partial charge in [0, 0.05) is 25.3 Å². The van der Waals surface area contributed by atoms with Gasteiger partial charge in [-0.15, -0.1) is 5.10 Å². The molecule has 1 aliphatic heterocycles. The molecule has 0 fully saturated rings. The van der Waals surface area contributed by atoms with Gasteiger partial charge in [-0.3, -0.25) is 4.79 Å². The monoisotopic (exact) mass is 558 g/mol. The predicted molar refractivity (Wildman–Crippen MR) is 150 cm³/mol. The molecule has 0 aliphatic carbocycles. The highest BCUT2D eigenvalue weighted by Crippen LogP contribution is 2.29. The van der Waals surface area contributed by atoms with Gasteiger partial charge in [0.05, 0.1) is 18.5 Å². The topological polar surface area (TPSA) is 170 Å². The zero-order chi connectivity index (χ0) is 28.8. The van der Waals surface area contributed by atoms with E-state index < -0.39 is 12.0 Å². The molecule has 0 spiro atoms. The third kappa shape index (κ3) is 6.00. The number of fused-ring (bicyclic) bond motifs is 1. The lowest BCUT2D eigenvalue weighted by atomic mass is 10.0. The number of carbonyl (C=O) groups is 2. The molecule has 5 rings (SSSR count). The molecule has 2 amide bonds. The van der Waals surface area contributed by atoms with Crippen molar-refractivity contribution in [1.82, 2.24) is 35.6 Å². The maximum Gasteiger partial charge on any atom is 0.415 e. The van der Waals surface area contributed by atoms with Gasteiger partial charge in [0.15, 0.2) is 5.69 Å². The van der Waals surface area contributed by atoms with E-state index in [4.69, 9.17) is 15.1 Å². The molecule has 3 heterocycles. The fraction of sp³-hybridized carbons (Fsp3) is 0.296. The van der Waals surface area contributed by atoms with E-state index in [-0.39, 0.29) is 17.3 Å². The summed E-state index contributed by atoms with van der Waals surface area (Å²) in [5.41, 5.74) is 11.9. The van der Waals surface area contributed by atoms with Crippen LogP contribution in [0.1, 0.15) is 47.6 Å². The van der Waals surface area contributed by atoms with Crippen molar-refractivity contribution in [2.45, 2.75) is 33.2 Å². The lowest BCUT2D eigenvalue weighted by Crippen LogP contribution is -2.33. The van der Waals surface area contributed by atoms with Crippen molar-refractivity contribution in [3.05, 3.63) is 71.0 Å². The van der Waals surface area contributed by atoms with Crippen molar-refractivity contribution in [2.75, 3.05) is 30.3 Å². The van der Waals surface area contributed by atoms with Crippen LogP contribution in [0.4, 0.5) is 16.3 Å². The second-order valence-corrected chi connectivity index (χ2v) is 9.23. The zero-order valence-corrected chi connectivity index (χ0v) is 22.7. The van der Waals surface area contributed by atoms with E-state index in [2.05, 4.69) is 48.2 Å². The van der Waals surface area contributed by atoms with Crippen molar-refractivity contribution in [3.8, 4) is 11.6 Å². The minimum Gasteiger partial charge on any atom is -0.410 e. The second-order valence-electron chi connectivity index (χ2n) is 9.23. The van der Waals surface area contributed by atoms with Crippen molar-refractivity contribution in [2.24, 2.45) is 5.10 Å². The summed E-state index contributed by atoms with van der Waals surface area (Å²) in [5.74, 6) is 0.00589. The van der Waals surface area contributed by atoms with Crippen molar-refractivity contribution in [3.63, 3.8) is 0 Å². The highest BCUT2D eigenvalue weighted by molar-refractivity contribution is 5.94. The maximum absolute atomic E-state index is 13.2. The molecule has 0 radical (unpaired) electrons. The Morgan fingerprint density at radius 2 is 1.93 bits per heavy atom. The molecule has 2 aromatic carbocycles. The molecule has 1 aliphatic rings. The van der Waals surface area contributed by atoms with E-state index in [0.29, 0.717) is 36.6 Å². The van der Waals surface area contributed by atoms with Crippen LogP contribution in [0.3, 0.4) is 0 Å². The summed E-state index contributed by atoms with van der Waals surface area (Å²) in [6.07, 6.45) is 3.00. The number of nitrogens with one attached hydrogen (secondary N) is 1. The Morgan fingerprint density at radius 1 is 1.15 bits per heavy atom. The molecule has 14 heteroatoms. The third-order valence-corrected chi connectivity index (χ3v) is 6.71. The number of hydrazone groups is 1. The number of para-hydroxylation sites is 1. The van der Waals surface area contributed by atoms with Crippen molar-refractivity contribution in [1.29, 1.82) is 0 Å². The fourth-order valence-corrected chi connectivity index (χ4v) is 4.57. The minimum atomic E-state index is -0.562.